The number of carbonyl (C=O) groups excluding carboxylic acids is 1. The van der Waals surface area contributed by atoms with Crippen LogP contribution < -0.4 is 10.6 Å². The van der Waals surface area contributed by atoms with E-state index in [4.69, 9.17) is 9.52 Å². The highest BCUT2D eigenvalue weighted by molar-refractivity contribution is 5.87. The molecule has 2 amide bonds. The van der Waals surface area contributed by atoms with E-state index in [1.54, 1.807) is 6.20 Å². The maximum absolute atomic E-state index is 12.1. The number of aryl methyl sites for hydroxylation is 1. The molecular weight excluding hydrogens is 282 g/mol. The Morgan fingerprint density at radius 1 is 1.36 bits per heavy atom. The molecule has 0 saturated heterocycles. The van der Waals surface area contributed by atoms with Crippen molar-refractivity contribution < 1.29 is 14.3 Å². The lowest BCUT2D eigenvalue weighted by Gasteiger charge is -2.18. The third-order valence-electron chi connectivity index (χ3n) is 3.28. The molecule has 0 radical (unpaired) electrons. The van der Waals surface area contributed by atoms with Crippen LogP contribution in [0.2, 0.25) is 0 Å². The molecule has 2 aromatic rings. The topological polar surface area (TPSA) is 87.4 Å². The standard InChI is InChI=1S/C16H21N3O3/c1-2-13-11-17-16(22-13)19-15(21)18-14(9-6-10-20)12-7-4-3-5-8-12/h3-5,7-8,11,14,20H,2,6,9-10H2,1H3,(H2,17,18,19,21)/t14-/m0/s1. The summed E-state index contributed by atoms with van der Waals surface area (Å²) in [6, 6.07) is 9.29. The van der Waals surface area contributed by atoms with Crippen molar-refractivity contribution >= 4 is 12.0 Å². The molecule has 118 valence electrons. The first-order valence-corrected chi connectivity index (χ1v) is 7.41. The van der Waals surface area contributed by atoms with Gasteiger partial charge in [0.2, 0.25) is 0 Å². The number of nitrogens with zero attached hydrogens (tertiary/aromatic N) is 1. The van der Waals surface area contributed by atoms with Gasteiger partial charge in [-0.3, -0.25) is 5.32 Å². The van der Waals surface area contributed by atoms with Crippen LogP contribution in [0.3, 0.4) is 0 Å². The summed E-state index contributed by atoms with van der Waals surface area (Å²) in [6.45, 7) is 2.04. The number of amides is 2. The van der Waals surface area contributed by atoms with Gasteiger partial charge in [-0.05, 0) is 18.4 Å². The van der Waals surface area contributed by atoms with E-state index < -0.39 is 0 Å². The normalized spacial score (nSPS) is 11.9. The van der Waals surface area contributed by atoms with Crippen molar-refractivity contribution in [3.8, 4) is 0 Å². The summed E-state index contributed by atoms with van der Waals surface area (Å²) in [5, 5.41) is 14.5. The van der Waals surface area contributed by atoms with Crippen LogP contribution in [-0.2, 0) is 6.42 Å². The average molecular weight is 303 g/mol. The molecule has 6 heteroatoms. The van der Waals surface area contributed by atoms with Crippen molar-refractivity contribution in [1.82, 2.24) is 10.3 Å². The van der Waals surface area contributed by atoms with E-state index >= 15 is 0 Å². The van der Waals surface area contributed by atoms with Gasteiger partial charge in [0.05, 0.1) is 12.2 Å². The number of nitrogens with one attached hydrogen (secondary N) is 2. The van der Waals surface area contributed by atoms with Gasteiger partial charge in [0.1, 0.15) is 5.76 Å². The zero-order chi connectivity index (χ0) is 15.8. The van der Waals surface area contributed by atoms with E-state index in [0.29, 0.717) is 12.8 Å². The smallest absolute Gasteiger partial charge is 0.323 e. The van der Waals surface area contributed by atoms with Crippen molar-refractivity contribution in [3.63, 3.8) is 0 Å². The predicted octanol–water partition coefficient (Wildman–Crippen LogP) is 2.87. The first-order valence-electron chi connectivity index (χ1n) is 7.41. The fraction of sp³-hybridized carbons (Fsp3) is 0.375. The maximum atomic E-state index is 12.1. The number of aliphatic hydroxyl groups excluding tert-OH is 1. The number of aromatic nitrogens is 1. The van der Waals surface area contributed by atoms with Crippen molar-refractivity contribution in [3.05, 3.63) is 47.9 Å². The Hall–Kier alpha value is -2.34. The van der Waals surface area contributed by atoms with Gasteiger partial charge in [0, 0.05) is 13.0 Å². The average Bonchev–Trinajstić information content (AvgIpc) is 2.99. The third kappa shape index (κ3) is 4.60. The molecule has 0 aliphatic carbocycles. The summed E-state index contributed by atoms with van der Waals surface area (Å²) in [5.41, 5.74) is 0.993. The number of rotatable bonds is 7. The Morgan fingerprint density at radius 3 is 2.77 bits per heavy atom. The third-order valence-corrected chi connectivity index (χ3v) is 3.28. The number of urea groups is 1. The minimum atomic E-state index is -0.378. The summed E-state index contributed by atoms with van der Waals surface area (Å²) in [4.78, 5) is 16.1. The van der Waals surface area contributed by atoms with Crippen LogP contribution in [0.25, 0.3) is 0 Å². The molecule has 3 N–H and O–H groups in total. The second-order valence-electron chi connectivity index (χ2n) is 4.91. The fourth-order valence-electron chi connectivity index (χ4n) is 2.12. The van der Waals surface area contributed by atoms with Gasteiger partial charge >= 0.3 is 12.0 Å². The van der Waals surface area contributed by atoms with E-state index in [-0.39, 0.29) is 24.7 Å². The van der Waals surface area contributed by atoms with Crippen molar-refractivity contribution in [2.45, 2.75) is 32.2 Å². The van der Waals surface area contributed by atoms with Gasteiger partial charge in [-0.2, -0.15) is 0 Å². The van der Waals surface area contributed by atoms with Gasteiger partial charge in [-0.1, -0.05) is 37.3 Å². The number of carbonyl (C=O) groups is 1. The molecule has 0 spiro atoms. The summed E-state index contributed by atoms with van der Waals surface area (Å²) in [7, 11) is 0. The molecule has 0 fully saturated rings. The Bertz CT molecular complexity index is 583. The zero-order valence-corrected chi connectivity index (χ0v) is 12.6. The van der Waals surface area contributed by atoms with E-state index in [1.165, 1.54) is 0 Å². The summed E-state index contributed by atoms with van der Waals surface area (Å²) in [5.74, 6) is 0.718. The first kappa shape index (κ1) is 16.0. The molecule has 0 aliphatic heterocycles. The minimum absolute atomic E-state index is 0.0895. The molecular formula is C16H21N3O3. The molecule has 1 heterocycles. The highest BCUT2D eigenvalue weighted by Gasteiger charge is 2.15. The Labute approximate surface area is 129 Å². The molecule has 0 unspecified atom stereocenters. The molecule has 22 heavy (non-hydrogen) atoms. The monoisotopic (exact) mass is 303 g/mol. The SMILES string of the molecule is CCc1cnc(NC(=O)N[C@@H](CCCO)c2ccccc2)o1. The van der Waals surface area contributed by atoms with E-state index in [0.717, 1.165) is 17.7 Å². The highest BCUT2D eigenvalue weighted by Crippen LogP contribution is 2.18. The first-order chi connectivity index (χ1) is 10.7. The van der Waals surface area contributed by atoms with Gasteiger partial charge < -0.3 is 14.8 Å². The van der Waals surface area contributed by atoms with Crippen molar-refractivity contribution in [2.24, 2.45) is 0 Å². The minimum Gasteiger partial charge on any atom is -0.428 e. The summed E-state index contributed by atoms with van der Waals surface area (Å²) < 4.78 is 5.35. The van der Waals surface area contributed by atoms with Crippen LogP contribution in [-0.4, -0.2) is 22.7 Å². The molecule has 1 atom stereocenters. The summed E-state index contributed by atoms with van der Waals surface area (Å²) in [6.07, 6.45) is 3.58. The Balaban J connectivity index is 1.98. The zero-order valence-electron chi connectivity index (χ0n) is 12.6. The lowest BCUT2D eigenvalue weighted by atomic mass is 10.0. The molecule has 1 aromatic carbocycles. The molecule has 0 aliphatic rings. The van der Waals surface area contributed by atoms with Crippen molar-refractivity contribution in [2.75, 3.05) is 11.9 Å². The number of aliphatic hydroxyl groups is 1. The molecule has 1 aromatic heterocycles. The van der Waals surface area contributed by atoms with Gasteiger partial charge in [0.15, 0.2) is 0 Å². The number of anilines is 1. The maximum Gasteiger partial charge on any atom is 0.323 e. The molecule has 6 nitrogen and oxygen atoms in total. The Morgan fingerprint density at radius 2 is 2.14 bits per heavy atom. The van der Waals surface area contributed by atoms with Crippen LogP contribution in [0.5, 0.6) is 0 Å². The predicted molar refractivity (Wildman–Crippen MR) is 83.5 cm³/mol. The van der Waals surface area contributed by atoms with Crippen LogP contribution in [0, 0.1) is 0 Å². The lowest BCUT2D eigenvalue weighted by Crippen LogP contribution is -2.32. The number of benzene rings is 1. The van der Waals surface area contributed by atoms with Gasteiger partial charge in [-0.15, -0.1) is 0 Å². The van der Waals surface area contributed by atoms with Gasteiger partial charge in [0.25, 0.3) is 0 Å². The highest BCUT2D eigenvalue weighted by atomic mass is 16.4. The second kappa shape index (κ2) is 8.19. The second-order valence-corrected chi connectivity index (χ2v) is 4.91. The Kier molecular flexibility index (Phi) is 5.97. The number of hydrogen-bond donors (Lipinski definition) is 3. The van der Waals surface area contributed by atoms with Crippen LogP contribution >= 0.6 is 0 Å². The molecule has 0 saturated carbocycles. The largest absolute Gasteiger partial charge is 0.428 e. The molecule has 2 rings (SSSR count). The van der Waals surface area contributed by atoms with Gasteiger partial charge in [-0.25, -0.2) is 9.78 Å². The van der Waals surface area contributed by atoms with E-state index in [1.807, 2.05) is 37.3 Å². The fourth-order valence-corrected chi connectivity index (χ4v) is 2.12. The van der Waals surface area contributed by atoms with Crippen molar-refractivity contribution in [1.29, 1.82) is 0 Å². The molecule has 0 bridgehead atoms. The quantitative estimate of drug-likeness (QED) is 0.734. The van der Waals surface area contributed by atoms with Crippen LogP contribution in [0.15, 0.2) is 40.9 Å². The number of oxazole rings is 1. The van der Waals surface area contributed by atoms with Crippen LogP contribution in [0.1, 0.15) is 37.1 Å². The van der Waals surface area contributed by atoms with E-state index in [9.17, 15) is 4.79 Å². The summed E-state index contributed by atoms with van der Waals surface area (Å²) >= 11 is 0. The van der Waals surface area contributed by atoms with Crippen LogP contribution in [0.4, 0.5) is 10.8 Å². The lowest BCUT2D eigenvalue weighted by molar-refractivity contribution is 0.243. The van der Waals surface area contributed by atoms with E-state index in [2.05, 4.69) is 15.6 Å². The number of hydrogen-bond acceptors (Lipinski definition) is 4.